The van der Waals surface area contributed by atoms with E-state index >= 15 is 0 Å². The molecule has 2 N–H and O–H groups in total. The molecular formula is C19H14N4O5S. The maximum Gasteiger partial charge on any atom is 0.271 e. The predicted molar refractivity (Wildman–Crippen MR) is 101 cm³/mol. The molecule has 29 heavy (non-hydrogen) atoms. The van der Waals surface area contributed by atoms with Crippen LogP contribution in [-0.2, 0) is 14.6 Å². The van der Waals surface area contributed by atoms with E-state index in [4.69, 9.17) is 4.52 Å². The summed E-state index contributed by atoms with van der Waals surface area (Å²) in [7, 11) is -3.75. The Bertz CT molecular complexity index is 1220. The molecule has 0 aliphatic rings. The van der Waals surface area contributed by atoms with Crippen molar-refractivity contribution in [3.63, 3.8) is 0 Å². The number of sulfone groups is 1. The van der Waals surface area contributed by atoms with E-state index in [9.17, 15) is 23.6 Å². The monoisotopic (exact) mass is 410 g/mol. The minimum Gasteiger partial charge on any atom is -0.506 e. The average molecular weight is 410 g/mol. The number of nitrogens with one attached hydrogen (secondary N) is 1. The summed E-state index contributed by atoms with van der Waals surface area (Å²) in [4.78, 5) is 16.3. The van der Waals surface area contributed by atoms with Crippen LogP contribution in [0, 0.1) is 18.3 Å². The number of carbonyl (C=O) groups is 1. The van der Waals surface area contributed by atoms with Crippen molar-refractivity contribution in [1.82, 2.24) is 10.1 Å². The molecule has 0 radical (unpaired) electrons. The Hall–Kier alpha value is -3.97. The summed E-state index contributed by atoms with van der Waals surface area (Å²) in [5, 5.41) is 25.2. The van der Waals surface area contributed by atoms with Gasteiger partial charge in [-0.3, -0.25) is 4.79 Å². The van der Waals surface area contributed by atoms with Gasteiger partial charge in [0.15, 0.2) is 11.3 Å². The summed E-state index contributed by atoms with van der Waals surface area (Å²) in [5.74, 6) is -1.27. The van der Waals surface area contributed by atoms with Crippen LogP contribution in [-0.4, -0.2) is 29.6 Å². The average Bonchev–Trinajstić information content (AvgIpc) is 3.15. The number of amides is 1. The lowest BCUT2D eigenvalue weighted by Crippen LogP contribution is -2.16. The minimum atomic E-state index is -3.75. The van der Waals surface area contributed by atoms with Crippen molar-refractivity contribution in [1.29, 1.82) is 5.26 Å². The van der Waals surface area contributed by atoms with Crippen LogP contribution in [0.3, 0.4) is 0 Å². The zero-order chi connectivity index (χ0) is 21.0. The van der Waals surface area contributed by atoms with Gasteiger partial charge in [-0.25, -0.2) is 13.4 Å². The van der Waals surface area contributed by atoms with Crippen LogP contribution in [0.1, 0.15) is 11.3 Å². The lowest BCUT2D eigenvalue weighted by molar-refractivity contribution is -0.112. The summed E-state index contributed by atoms with van der Waals surface area (Å²) in [5.41, 5.74) is -0.465. The molecule has 1 aromatic carbocycles. The number of hydrogen-bond donors (Lipinski definition) is 2. The van der Waals surface area contributed by atoms with Gasteiger partial charge >= 0.3 is 0 Å². The van der Waals surface area contributed by atoms with Crippen LogP contribution in [0.25, 0.3) is 5.76 Å². The van der Waals surface area contributed by atoms with E-state index in [-0.39, 0.29) is 26.9 Å². The van der Waals surface area contributed by atoms with E-state index in [2.05, 4.69) is 15.5 Å². The fourth-order valence-electron chi connectivity index (χ4n) is 2.40. The third-order valence-corrected chi connectivity index (χ3v) is 5.68. The molecule has 0 atom stereocenters. The molecule has 0 saturated heterocycles. The molecule has 0 spiro atoms. The molecule has 0 unspecified atom stereocenters. The topological polar surface area (TPSA) is 146 Å². The van der Waals surface area contributed by atoms with E-state index in [1.807, 2.05) is 0 Å². The highest BCUT2D eigenvalue weighted by molar-refractivity contribution is 7.91. The first-order valence-corrected chi connectivity index (χ1v) is 9.65. The lowest BCUT2D eigenvalue weighted by Gasteiger charge is -2.07. The Kier molecular flexibility index (Phi) is 5.43. The maximum atomic E-state index is 12.5. The molecule has 0 aliphatic heterocycles. The van der Waals surface area contributed by atoms with E-state index < -0.39 is 27.1 Å². The predicted octanol–water partition coefficient (Wildman–Crippen LogP) is 2.64. The van der Waals surface area contributed by atoms with Crippen molar-refractivity contribution in [2.75, 3.05) is 5.32 Å². The first kappa shape index (κ1) is 19.8. The second kappa shape index (κ2) is 7.95. The maximum absolute atomic E-state index is 12.5. The molecule has 2 heterocycles. The smallest absolute Gasteiger partial charge is 0.271 e. The fourth-order valence-corrected chi connectivity index (χ4v) is 3.63. The number of rotatable bonds is 5. The van der Waals surface area contributed by atoms with Crippen molar-refractivity contribution in [2.45, 2.75) is 16.7 Å². The highest BCUT2D eigenvalue weighted by atomic mass is 32.2. The molecular weight excluding hydrogens is 396 g/mol. The third kappa shape index (κ3) is 3.99. The number of aryl methyl sites for hydroxylation is 1. The fraction of sp³-hybridized carbons (Fsp3) is 0.0526. The molecule has 0 bridgehead atoms. The molecule has 0 fully saturated rings. The van der Waals surface area contributed by atoms with Crippen molar-refractivity contribution in [3.8, 4) is 6.07 Å². The van der Waals surface area contributed by atoms with Gasteiger partial charge in [0.1, 0.15) is 17.6 Å². The second-order valence-electron chi connectivity index (χ2n) is 5.78. The second-order valence-corrected chi connectivity index (χ2v) is 7.73. The summed E-state index contributed by atoms with van der Waals surface area (Å²) in [6, 6.07) is 12.0. The lowest BCUT2D eigenvalue weighted by atomic mass is 10.1. The highest BCUT2D eigenvalue weighted by Gasteiger charge is 2.21. The molecule has 2 aromatic heterocycles. The molecule has 3 rings (SSSR count). The molecule has 1 amide bonds. The van der Waals surface area contributed by atoms with Crippen molar-refractivity contribution < 1.29 is 22.8 Å². The van der Waals surface area contributed by atoms with E-state index in [1.54, 1.807) is 24.3 Å². The molecule has 9 nitrogen and oxygen atoms in total. The Labute approximate surface area is 165 Å². The molecule has 10 heteroatoms. The Morgan fingerprint density at radius 2 is 1.86 bits per heavy atom. The van der Waals surface area contributed by atoms with E-state index in [1.165, 1.54) is 37.4 Å². The third-order valence-electron chi connectivity index (χ3n) is 3.92. The van der Waals surface area contributed by atoms with Crippen LogP contribution in [0.15, 0.2) is 74.7 Å². The number of benzene rings is 1. The summed E-state index contributed by atoms with van der Waals surface area (Å²) in [6.45, 7) is 1.51. The van der Waals surface area contributed by atoms with Crippen molar-refractivity contribution >= 4 is 27.3 Å². The van der Waals surface area contributed by atoms with Crippen LogP contribution in [0.2, 0.25) is 0 Å². The first-order chi connectivity index (χ1) is 13.8. The van der Waals surface area contributed by atoms with Gasteiger partial charge in [0.25, 0.3) is 5.91 Å². The van der Waals surface area contributed by atoms with Crippen LogP contribution in [0.4, 0.5) is 5.82 Å². The summed E-state index contributed by atoms with van der Waals surface area (Å²) >= 11 is 0. The molecule has 146 valence electrons. The van der Waals surface area contributed by atoms with Gasteiger partial charge in [-0.15, -0.1) is 0 Å². The van der Waals surface area contributed by atoms with Gasteiger partial charge in [0.05, 0.1) is 21.6 Å². The van der Waals surface area contributed by atoms with Crippen molar-refractivity contribution in [2.24, 2.45) is 0 Å². The Balaban J connectivity index is 1.84. The van der Waals surface area contributed by atoms with E-state index in [0.29, 0.717) is 0 Å². The molecule has 3 aromatic rings. The standard InChI is InChI=1S/C19H14N4O5S/c1-12-16(11-22-28-12)18(24)15(9-20)19(25)23-17-8-7-14(10-21-17)29(26,27)13-5-3-2-4-6-13/h2-8,10-11,24H,1H3,(H,21,23,25)/b18-15-. The number of anilines is 1. The molecule has 0 aliphatic carbocycles. The molecule has 0 saturated carbocycles. The van der Waals surface area contributed by atoms with Crippen LogP contribution in [0.5, 0.6) is 0 Å². The van der Waals surface area contributed by atoms with Crippen LogP contribution >= 0.6 is 0 Å². The summed E-state index contributed by atoms with van der Waals surface area (Å²) in [6.07, 6.45) is 2.27. The zero-order valence-electron chi connectivity index (χ0n) is 15.0. The van der Waals surface area contributed by atoms with Gasteiger partial charge in [0, 0.05) is 6.20 Å². The largest absolute Gasteiger partial charge is 0.506 e. The number of aliphatic hydroxyl groups excluding tert-OH is 1. The number of hydrogen-bond acceptors (Lipinski definition) is 8. The number of pyridine rings is 1. The number of carbonyl (C=O) groups excluding carboxylic acids is 1. The number of nitriles is 1. The van der Waals surface area contributed by atoms with Gasteiger partial charge in [-0.1, -0.05) is 23.4 Å². The minimum absolute atomic E-state index is 0.00426. The Morgan fingerprint density at radius 3 is 2.41 bits per heavy atom. The number of nitrogens with zero attached hydrogens (tertiary/aromatic N) is 3. The van der Waals surface area contributed by atoms with Gasteiger partial charge in [-0.05, 0) is 31.2 Å². The number of aromatic nitrogens is 2. The van der Waals surface area contributed by atoms with Gasteiger partial charge < -0.3 is 14.9 Å². The normalized spacial score (nSPS) is 12.0. The first-order valence-electron chi connectivity index (χ1n) is 8.17. The quantitative estimate of drug-likeness (QED) is 0.371. The summed E-state index contributed by atoms with van der Waals surface area (Å²) < 4.78 is 29.9. The SMILES string of the molecule is Cc1oncc1/C(O)=C(\C#N)C(=O)Nc1ccc(S(=O)(=O)c2ccccc2)cn1. The zero-order valence-corrected chi connectivity index (χ0v) is 15.8. The Morgan fingerprint density at radius 1 is 1.14 bits per heavy atom. The van der Waals surface area contributed by atoms with Crippen LogP contribution < -0.4 is 5.32 Å². The number of aliphatic hydroxyl groups is 1. The van der Waals surface area contributed by atoms with Gasteiger partial charge in [0.2, 0.25) is 9.84 Å². The van der Waals surface area contributed by atoms with E-state index in [0.717, 1.165) is 6.20 Å². The highest BCUT2D eigenvalue weighted by Crippen LogP contribution is 2.22. The van der Waals surface area contributed by atoms with Crippen molar-refractivity contribution in [3.05, 3.63) is 71.8 Å². The van der Waals surface area contributed by atoms with Gasteiger partial charge in [-0.2, -0.15) is 5.26 Å².